The van der Waals surface area contributed by atoms with E-state index in [0.717, 1.165) is 11.8 Å². The molecule has 0 spiro atoms. The fraction of sp³-hybridized carbons (Fsp3) is 0.929. The van der Waals surface area contributed by atoms with E-state index in [4.69, 9.17) is 0 Å². The van der Waals surface area contributed by atoms with Gasteiger partial charge in [-0.3, -0.25) is 4.79 Å². The fourth-order valence-electron chi connectivity index (χ4n) is 2.76. The molecule has 2 N–H and O–H groups in total. The van der Waals surface area contributed by atoms with Gasteiger partial charge >= 0.3 is 0 Å². The van der Waals surface area contributed by atoms with Gasteiger partial charge in [0.05, 0.1) is 6.54 Å². The monoisotopic (exact) mass is 238 g/mol. The van der Waals surface area contributed by atoms with Gasteiger partial charge < -0.3 is 10.6 Å². The number of carbonyl (C=O) groups is 1. The average Bonchev–Trinajstić information content (AvgIpc) is 3.11. The van der Waals surface area contributed by atoms with Crippen LogP contribution in [0.25, 0.3) is 0 Å². The van der Waals surface area contributed by atoms with Gasteiger partial charge in [0.25, 0.3) is 0 Å². The normalized spacial score (nSPS) is 29.4. The number of nitrogens with one attached hydrogen (secondary N) is 2. The third kappa shape index (κ3) is 4.30. The number of carbonyl (C=O) groups excluding carboxylic acids is 1. The van der Waals surface area contributed by atoms with Crippen molar-refractivity contribution in [2.45, 2.75) is 64.5 Å². The number of rotatable bonds is 5. The van der Waals surface area contributed by atoms with Crippen LogP contribution in [0.1, 0.15) is 52.4 Å². The Morgan fingerprint density at radius 1 is 1.18 bits per heavy atom. The first kappa shape index (κ1) is 12.9. The van der Waals surface area contributed by atoms with Crippen molar-refractivity contribution in [1.82, 2.24) is 10.6 Å². The summed E-state index contributed by atoms with van der Waals surface area (Å²) in [6, 6.07) is 1.04. The highest BCUT2D eigenvalue weighted by molar-refractivity contribution is 5.78. The van der Waals surface area contributed by atoms with Crippen molar-refractivity contribution < 1.29 is 4.79 Å². The van der Waals surface area contributed by atoms with E-state index in [1.165, 1.54) is 38.5 Å². The minimum atomic E-state index is 0.180. The van der Waals surface area contributed by atoms with Crippen LogP contribution in [0.15, 0.2) is 0 Å². The Labute approximate surface area is 105 Å². The number of amides is 1. The van der Waals surface area contributed by atoms with E-state index >= 15 is 0 Å². The molecule has 98 valence electrons. The van der Waals surface area contributed by atoms with Gasteiger partial charge in [-0.05, 0) is 37.5 Å². The highest BCUT2D eigenvalue weighted by Gasteiger charge is 2.26. The van der Waals surface area contributed by atoms with Gasteiger partial charge in [0.2, 0.25) is 5.91 Å². The highest BCUT2D eigenvalue weighted by atomic mass is 16.2. The molecule has 3 nitrogen and oxygen atoms in total. The molecule has 2 saturated carbocycles. The second kappa shape index (κ2) is 5.85. The predicted octanol–water partition coefficient (Wildman–Crippen LogP) is 2.07. The van der Waals surface area contributed by atoms with Crippen molar-refractivity contribution in [3.05, 3.63) is 0 Å². The smallest absolute Gasteiger partial charge is 0.234 e. The Hall–Kier alpha value is -0.570. The Balaban J connectivity index is 1.65. The van der Waals surface area contributed by atoms with Crippen molar-refractivity contribution in [2.24, 2.45) is 11.8 Å². The molecule has 2 fully saturated rings. The molecule has 0 bridgehead atoms. The molecule has 2 aliphatic carbocycles. The molecule has 2 atom stereocenters. The number of hydrogen-bond acceptors (Lipinski definition) is 2. The van der Waals surface area contributed by atoms with Crippen LogP contribution >= 0.6 is 0 Å². The van der Waals surface area contributed by atoms with Gasteiger partial charge in [0, 0.05) is 12.1 Å². The molecule has 0 heterocycles. The zero-order valence-electron chi connectivity index (χ0n) is 11.2. The number of hydrogen-bond donors (Lipinski definition) is 2. The molecule has 2 rings (SSSR count). The zero-order chi connectivity index (χ0) is 12.3. The van der Waals surface area contributed by atoms with Gasteiger partial charge in [0.15, 0.2) is 0 Å². The standard InChI is InChI=1S/C14H26N2O/c1-10(2)11-4-3-5-13(8-11)15-9-14(17)16-12-6-7-12/h10-13,15H,3-9H2,1-2H3,(H,16,17). The molecule has 2 aliphatic rings. The Morgan fingerprint density at radius 3 is 2.59 bits per heavy atom. The summed E-state index contributed by atoms with van der Waals surface area (Å²) in [5, 5.41) is 6.45. The molecular weight excluding hydrogens is 212 g/mol. The van der Waals surface area contributed by atoms with Gasteiger partial charge in [-0.2, -0.15) is 0 Å². The van der Waals surface area contributed by atoms with Crippen molar-refractivity contribution in [1.29, 1.82) is 0 Å². The lowest BCUT2D eigenvalue weighted by molar-refractivity contribution is -0.120. The lowest BCUT2D eigenvalue weighted by Crippen LogP contribution is -2.42. The quantitative estimate of drug-likeness (QED) is 0.770. The zero-order valence-corrected chi connectivity index (χ0v) is 11.2. The van der Waals surface area contributed by atoms with E-state index < -0.39 is 0 Å². The summed E-state index contributed by atoms with van der Waals surface area (Å²) in [6.45, 7) is 5.13. The third-order valence-electron chi connectivity index (χ3n) is 4.15. The van der Waals surface area contributed by atoms with E-state index in [1.54, 1.807) is 0 Å². The van der Waals surface area contributed by atoms with Gasteiger partial charge in [0.1, 0.15) is 0 Å². The van der Waals surface area contributed by atoms with Crippen LogP contribution in [0.2, 0.25) is 0 Å². The predicted molar refractivity (Wildman–Crippen MR) is 69.8 cm³/mol. The molecule has 0 aliphatic heterocycles. The second-order valence-corrected chi connectivity index (χ2v) is 6.09. The van der Waals surface area contributed by atoms with Gasteiger partial charge in [-0.15, -0.1) is 0 Å². The summed E-state index contributed by atoms with van der Waals surface area (Å²) >= 11 is 0. The summed E-state index contributed by atoms with van der Waals surface area (Å²) in [5.74, 6) is 1.80. The summed E-state index contributed by atoms with van der Waals surface area (Å²) in [5.41, 5.74) is 0. The van der Waals surface area contributed by atoms with Crippen LogP contribution in [-0.4, -0.2) is 24.5 Å². The third-order valence-corrected chi connectivity index (χ3v) is 4.15. The fourth-order valence-corrected chi connectivity index (χ4v) is 2.76. The summed E-state index contributed by atoms with van der Waals surface area (Å²) < 4.78 is 0. The van der Waals surface area contributed by atoms with Crippen LogP contribution in [0.4, 0.5) is 0 Å². The summed E-state index contributed by atoms with van der Waals surface area (Å²) in [4.78, 5) is 11.6. The molecule has 2 unspecified atom stereocenters. The van der Waals surface area contributed by atoms with Crippen LogP contribution in [0.5, 0.6) is 0 Å². The first-order valence-corrected chi connectivity index (χ1v) is 7.18. The van der Waals surface area contributed by atoms with Crippen molar-refractivity contribution >= 4 is 5.91 Å². The lowest BCUT2D eigenvalue weighted by atomic mass is 9.79. The van der Waals surface area contributed by atoms with E-state index in [1.807, 2.05) is 0 Å². The first-order valence-electron chi connectivity index (χ1n) is 7.18. The van der Waals surface area contributed by atoms with Crippen LogP contribution < -0.4 is 10.6 Å². The molecule has 1 amide bonds. The maximum atomic E-state index is 11.6. The highest BCUT2D eigenvalue weighted by Crippen LogP contribution is 2.29. The van der Waals surface area contributed by atoms with E-state index in [0.29, 0.717) is 18.6 Å². The lowest BCUT2D eigenvalue weighted by Gasteiger charge is -2.32. The second-order valence-electron chi connectivity index (χ2n) is 6.09. The SMILES string of the molecule is CC(C)C1CCCC(NCC(=O)NC2CC2)C1. The molecule has 0 aromatic heterocycles. The van der Waals surface area contributed by atoms with E-state index in [2.05, 4.69) is 24.5 Å². The molecule has 17 heavy (non-hydrogen) atoms. The van der Waals surface area contributed by atoms with E-state index in [9.17, 15) is 4.79 Å². The molecule has 0 radical (unpaired) electrons. The minimum absolute atomic E-state index is 0.180. The largest absolute Gasteiger partial charge is 0.352 e. The van der Waals surface area contributed by atoms with Crippen molar-refractivity contribution in [2.75, 3.05) is 6.54 Å². The van der Waals surface area contributed by atoms with Crippen molar-refractivity contribution in [3.8, 4) is 0 Å². The van der Waals surface area contributed by atoms with Gasteiger partial charge in [-0.1, -0.05) is 26.7 Å². The van der Waals surface area contributed by atoms with Crippen molar-refractivity contribution in [3.63, 3.8) is 0 Å². The Bertz CT molecular complexity index is 261. The summed E-state index contributed by atoms with van der Waals surface area (Å²) in [7, 11) is 0. The first-order chi connectivity index (χ1) is 8.15. The van der Waals surface area contributed by atoms with Crippen LogP contribution in [-0.2, 0) is 4.79 Å². The maximum Gasteiger partial charge on any atom is 0.234 e. The molecular formula is C14H26N2O. The molecule has 0 aromatic carbocycles. The average molecular weight is 238 g/mol. The summed E-state index contributed by atoms with van der Waals surface area (Å²) in [6.07, 6.45) is 7.50. The van der Waals surface area contributed by atoms with E-state index in [-0.39, 0.29) is 5.91 Å². The molecule has 0 aromatic rings. The maximum absolute atomic E-state index is 11.6. The Kier molecular flexibility index (Phi) is 4.43. The topological polar surface area (TPSA) is 41.1 Å². The Morgan fingerprint density at radius 2 is 1.94 bits per heavy atom. The van der Waals surface area contributed by atoms with Crippen LogP contribution in [0.3, 0.4) is 0 Å². The molecule has 3 heteroatoms. The van der Waals surface area contributed by atoms with Gasteiger partial charge in [-0.25, -0.2) is 0 Å². The minimum Gasteiger partial charge on any atom is -0.352 e. The molecule has 0 saturated heterocycles. The van der Waals surface area contributed by atoms with Crippen LogP contribution in [0, 0.1) is 11.8 Å².